The smallest absolute Gasteiger partial charge is 0.281 e. The Labute approximate surface area is 165 Å². The summed E-state index contributed by atoms with van der Waals surface area (Å²) in [5.74, 6) is 1.14. The van der Waals surface area contributed by atoms with Crippen molar-refractivity contribution in [1.29, 1.82) is 0 Å². The van der Waals surface area contributed by atoms with E-state index >= 15 is 0 Å². The minimum Gasteiger partial charge on any atom is -0.358 e. The molecule has 0 saturated carbocycles. The van der Waals surface area contributed by atoms with Crippen molar-refractivity contribution >= 4 is 39.5 Å². The molecule has 0 aliphatic heterocycles. The second-order valence-electron chi connectivity index (χ2n) is 6.38. The number of aromatic amines is 1. The molecule has 4 rings (SSSR count). The lowest BCUT2D eigenvalue weighted by Crippen LogP contribution is -2.43. The zero-order valence-electron chi connectivity index (χ0n) is 15.6. The monoisotopic (exact) mass is 398 g/mol. The van der Waals surface area contributed by atoms with Crippen LogP contribution in [0.1, 0.15) is 25.7 Å². The molecule has 28 heavy (non-hydrogen) atoms. The van der Waals surface area contributed by atoms with Crippen LogP contribution in [-0.4, -0.2) is 43.2 Å². The van der Waals surface area contributed by atoms with Gasteiger partial charge in [0.05, 0.1) is 28.3 Å². The van der Waals surface area contributed by atoms with E-state index in [0.29, 0.717) is 45.3 Å². The third-order valence-electron chi connectivity index (χ3n) is 4.61. The quantitative estimate of drug-likeness (QED) is 0.532. The standard InChI is InChI=1S/C18H19ClN8O/c1-4-26(3)27-17(25-12-7-5-6-11(19)13(12)18(27)28)10(2)24-16-14-15(21-8-20-14)22-9-23-16/h5-10H,4H2,1-3H3,(H2,20,21,22,23,24)/t10-/m0/s1. The van der Waals surface area contributed by atoms with Crippen LogP contribution in [0.25, 0.3) is 22.1 Å². The Morgan fingerprint density at radius 3 is 2.93 bits per heavy atom. The Balaban J connectivity index is 1.87. The molecule has 3 aromatic heterocycles. The van der Waals surface area contributed by atoms with Crippen LogP contribution in [0.4, 0.5) is 5.82 Å². The topological polar surface area (TPSA) is 105 Å². The summed E-state index contributed by atoms with van der Waals surface area (Å²) in [7, 11) is 1.83. The molecule has 0 amide bonds. The van der Waals surface area contributed by atoms with Crippen LogP contribution in [0, 0.1) is 0 Å². The molecule has 0 unspecified atom stereocenters. The molecule has 1 atom stereocenters. The molecule has 0 aliphatic carbocycles. The van der Waals surface area contributed by atoms with Gasteiger partial charge < -0.3 is 15.3 Å². The molecule has 3 heterocycles. The fourth-order valence-corrected chi connectivity index (χ4v) is 3.34. The molecule has 0 fully saturated rings. The third-order valence-corrected chi connectivity index (χ3v) is 4.93. The summed E-state index contributed by atoms with van der Waals surface area (Å²) < 4.78 is 1.55. The second kappa shape index (κ2) is 7.08. The van der Waals surface area contributed by atoms with Crippen molar-refractivity contribution in [3.05, 3.63) is 52.1 Å². The first kappa shape index (κ1) is 18.2. The van der Waals surface area contributed by atoms with Gasteiger partial charge in [0.15, 0.2) is 17.3 Å². The number of rotatable bonds is 5. The molecule has 0 bridgehead atoms. The van der Waals surface area contributed by atoms with Crippen molar-refractivity contribution in [3.8, 4) is 0 Å². The van der Waals surface area contributed by atoms with Crippen LogP contribution in [0.15, 0.2) is 35.6 Å². The predicted molar refractivity (Wildman–Crippen MR) is 109 cm³/mol. The van der Waals surface area contributed by atoms with Crippen LogP contribution in [0.5, 0.6) is 0 Å². The Morgan fingerprint density at radius 2 is 2.14 bits per heavy atom. The minimum absolute atomic E-state index is 0.210. The SMILES string of the molecule is CCN(C)n1c([C@H](C)Nc2ncnc3nc[nH]c23)nc2cccc(Cl)c2c1=O. The fourth-order valence-electron chi connectivity index (χ4n) is 3.09. The maximum absolute atomic E-state index is 13.2. The predicted octanol–water partition coefficient (Wildman–Crippen LogP) is 2.48. The number of anilines is 1. The molecule has 2 N–H and O–H groups in total. The van der Waals surface area contributed by atoms with E-state index < -0.39 is 0 Å². The van der Waals surface area contributed by atoms with E-state index in [1.165, 1.54) is 6.33 Å². The highest BCUT2D eigenvalue weighted by Gasteiger charge is 2.21. The largest absolute Gasteiger partial charge is 0.358 e. The molecular formula is C18H19ClN8O. The fraction of sp³-hybridized carbons (Fsp3) is 0.278. The Hall–Kier alpha value is -3.20. The highest BCUT2D eigenvalue weighted by molar-refractivity contribution is 6.35. The van der Waals surface area contributed by atoms with Gasteiger partial charge in [0.2, 0.25) is 0 Å². The van der Waals surface area contributed by atoms with Gasteiger partial charge in [-0.1, -0.05) is 17.7 Å². The van der Waals surface area contributed by atoms with Gasteiger partial charge in [-0.2, -0.15) is 0 Å². The molecule has 0 saturated heterocycles. The first-order chi connectivity index (χ1) is 13.5. The summed E-state index contributed by atoms with van der Waals surface area (Å²) >= 11 is 6.28. The number of hydrogen-bond donors (Lipinski definition) is 2. The lowest BCUT2D eigenvalue weighted by atomic mass is 10.2. The molecule has 4 aromatic rings. The number of hydrogen-bond acceptors (Lipinski definition) is 7. The maximum Gasteiger partial charge on any atom is 0.281 e. The van der Waals surface area contributed by atoms with Gasteiger partial charge in [0.1, 0.15) is 11.8 Å². The molecule has 0 radical (unpaired) electrons. The first-order valence-corrected chi connectivity index (χ1v) is 9.22. The van der Waals surface area contributed by atoms with Gasteiger partial charge in [-0.3, -0.25) is 4.79 Å². The summed E-state index contributed by atoms with van der Waals surface area (Å²) in [6.45, 7) is 4.50. The highest BCUT2D eigenvalue weighted by Crippen LogP contribution is 2.24. The van der Waals surface area contributed by atoms with Crippen LogP contribution >= 0.6 is 11.6 Å². The normalized spacial score (nSPS) is 12.4. The van der Waals surface area contributed by atoms with Crippen molar-refractivity contribution in [3.63, 3.8) is 0 Å². The average molecular weight is 399 g/mol. The number of aromatic nitrogens is 6. The van der Waals surface area contributed by atoms with Gasteiger partial charge in [0, 0.05) is 13.6 Å². The molecule has 144 valence electrons. The number of nitrogens with one attached hydrogen (secondary N) is 2. The van der Waals surface area contributed by atoms with Crippen molar-refractivity contribution in [1.82, 2.24) is 29.6 Å². The number of fused-ring (bicyclic) bond motifs is 2. The lowest BCUT2D eigenvalue weighted by molar-refractivity contribution is 0.579. The molecule has 0 aliphatic rings. The number of nitrogens with zero attached hydrogens (tertiary/aromatic N) is 6. The average Bonchev–Trinajstić information content (AvgIpc) is 3.17. The Morgan fingerprint density at radius 1 is 1.32 bits per heavy atom. The summed E-state index contributed by atoms with van der Waals surface area (Å²) in [5, 5.41) is 5.90. The van der Waals surface area contributed by atoms with Crippen molar-refractivity contribution in [2.24, 2.45) is 0 Å². The van der Waals surface area contributed by atoms with Crippen LogP contribution in [0.3, 0.4) is 0 Å². The van der Waals surface area contributed by atoms with E-state index in [4.69, 9.17) is 16.6 Å². The van der Waals surface area contributed by atoms with Crippen LogP contribution in [0.2, 0.25) is 5.02 Å². The number of benzene rings is 1. The highest BCUT2D eigenvalue weighted by atomic mass is 35.5. The van der Waals surface area contributed by atoms with E-state index in [1.54, 1.807) is 34.2 Å². The second-order valence-corrected chi connectivity index (χ2v) is 6.79. The van der Waals surface area contributed by atoms with Crippen molar-refractivity contribution in [2.45, 2.75) is 19.9 Å². The maximum atomic E-state index is 13.2. The molecule has 9 nitrogen and oxygen atoms in total. The zero-order chi connectivity index (χ0) is 19.8. The van der Waals surface area contributed by atoms with Gasteiger partial charge in [-0.15, -0.1) is 0 Å². The van der Waals surface area contributed by atoms with Crippen LogP contribution in [-0.2, 0) is 0 Å². The lowest BCUT2D eigenvalue weighted by Gasteiger charge is -2.26. The van der Waals surface area contributed by atoms with E-state index in [1.807, 2.05) is 20.9 Å². The molecular weight excluding hydrogens is 380 g/mol. The summed E-state index contributed by atoms with van der Waals surface area (Å²) in [6, 6.07) is 4.94. The third kappa shape index (κ3) is 2.93. The summed E-state index contributed by atoms with van der Waals surface area (Å²) in [4.78, 5) is 33.5. The van der Waals surface area contributed by atoms with E-state index in [0.717, 1.165) is 0 Å². The van der Waals surface area contributed by atoms with E-state index in [-0.39, 0.29) is 11.6 Å². The minimum atomic E-state index is -0.327. The zero-order valence-corrected chi connectivity index (χ0v) is 16.4. The Kier molecular flexibility index (Phi) is 4.60. The molecule has 0 spiro atoms. The van der Waals surface area contributed by atoms with Crippen LogP contribution < -0.4 is 15.9 Å². The van der Waals surface area contributed by atoms with E-state index in [2.05, 4.69) is 25.3 Å². The summed E-state index contributed by atoms with van der Waals surface area (Å²) in [6.07, 6.45) is 3.00. The van der Waals surface area contributed by atoms with Gasteiger partial charge >= 0.3 is 0 Å². The summed E-state index contributed by atoms with van der Waals surface area (Å²) in [5.41, 5.74) is 1.59. The van der Waals surface area contributed by atoms with Crippen molar-refractivity contribution < 1.29 is 0 Å². The van der Waals surface area contributed by atoms with Gasteiger partial charge in [-0.05, 0) is 26.0 Å². The van der Waals surface area contributed by atoms with Gasteiger partial charge in [0.25, 0.3) is 5.56 Å². The number of halogens is 1. The number of imidazole rings is 1. The Bertz CT molecular complexity index is 1220. The molecule has 1 aromatic carbocycles. The molecule has 10 heteroatoms. The first-order valence-electron chi connectivity index (χ1n) is 8.84. The number of H-pyrrole nitrogens is 1. The van der Waals surface area contributed by atoms with E-state index in [9.17, 15) is 4.79 Å². The van der Waals surface area contributed by atoms with Crippen molar-refractivity contribution in [2.75, 3.05) is 23.9 Å². The van der Waals surface area contributed by atoms with Gasteiger partial charge in [-0.25, -0.2) is 24.6 Å².